The summed E-state index contributed by atoms with van der Waals surface area (Å²) < 4.78 is 0. The Morgan fingerprint density at radius 2 is 0.742 bits per heavy atom. The molecule has 16 rings (SSSR count). The van der Waals surface area contributed by atoms with Crippen molar-refractivity contribution in [3.63, 3.8) is 0 Å². The maximum atomic E-state index is 4.33. The quantitative estimate of drug-likeness (QED) is 0.170. The van der Waals surface area contributed by atoms with Crippen molar-refractivity contribution in [2.75, 3.05) is 0 Å². The molecule has 8 aliphatic rings. The number of nitrogens with zero attached hydrogens (tertiary/aromatic N) is 7. The molecule has 8 fully saturated rings. The second kappa shape index (κ2) is 32.3. The van der Waals surface area contributed by atoms with Gasteiger partial charge >= 0.3 is 0 Å². The fourth-order valence-electron chi connectivity index (χ4n) is 15.8. The van der Waals surface area contributed by atoms with Crippen molar-refractivity contribution in [1.82, 2.24) is 34.9 Å². The first-order chi connectivity index (χ1) is 42.2. The molecule has 0 atom stereocenters. The topological polar surface area (TPSA) is 90.2 Å². The van der Waals surface area contributed by atoms with Crippen LogP contribution in [0.1, 0.15) is 205 Å². The van der Waals surface area contributed by atoms with Crippen LogP contribution in [0.3, 0.4) is 0 Å². The molecule has 0 unspecified atom stereocenters. The minimum absolute atomic E-state index is 0.912. The largest absolute Gasteiger partial charge is 0.264 e. The van der Waals surface area contributed by atoms with Gasteiger partial charge in [0, 0.05) is 82.2 Å². The van der Waals surface area contributed by atoms with Gasteiger partial charge < -0.3 is 0 Å². The van der Waals surface area contributed by atoms with Crippen LogP contribution in [-0.2, 0) is 0 Å². The van der Waals surface area contributed by atoms with E-state index in [9.17, 15) is 0 Å². The lowest BCUT2D eigenvalue weighted by Crippen LogP contribution is -2.45. The van der Waals surface area contributed by atoms with Gasteiger partial charge in [0.05, 0.1) is 0 Å². The molecule has 8 saturated carbocycles. The van der Waals surface area contributed by atoms with Crippen LogP contribution in [0, 0.1) is 193 Å². The molecule has 8 aromatic rings. The smallest absolute Gasteiger partial charge is 0.0407 e. The molecule has 7 heterocycles. The fraction of sp³-hybridized carbons (Fsp3) is 0.500. The van der Waals surface area contributed by atoms with Gasteiger partial charge in [-0.25, -0.2) is 0 Å². The van der Waals surface area contributed by atoms with Gasteiger partial charge in [0.15, 0.2) is 0 Å². The maximum absolute atomic E-state index is 4.33. The fourth-order valence-corrected chi connectivity index (χ4v) is 15.8. The molecule has 0 saturated heterocycles. The van der Waals surface area contributed by atoms with E-state index in [1.807, 2.05) is 111 Å². The lowest BCUT2D eigenvalue weighted by Gasteiger charge is -2.56. The van der Waals surface area contributed by atoms with Crippen LogP contribution in [0.4, 0.5) is 0 Å². The third kappa shape index (κ3) is 19.6. The predicted molar refractivity (Wildman–Crippen MR) is 375 cm³/mol. The summed E-state index contributed by atoms with van der Waals surface area (Å²) in [6.45, 7) is 43.7. The van der Waals surface area contributed by atoms with Gasteiger partial charge in [0.25, 0.3) is 0 Å². The van der Waals surface area contributed by atoms with E-state index < -0.39 is 0 Å². The average Bonchev–Trinajstić information content (AvgIpc) is 0.764. The van der Waals surface area contributed by atoms with E-state index in [1.165, 1.54) is 61.2 Å². The molecule has 1 aromatic carbocycles. The highest BCUT2D eigenvalue weighted by Crippen LogP contribution is 2.63. The van der Waals surface area contributed by atoms with Crippen molar-refractivity contribution in [1.29, 1.82) is 0 Å². The highest BCUT2D eigenvalue weighted by molar-refractivity contribution is 5.42. The zero-order chi connectivity index (χ0) is 64.8. The van der Waals surface area contributed by atoms with E-state index in [2.05, 4.69) is 179 Å². The Hall–Kier alpha value is -6.73. The molecule has 7 nitrogen and oxygen atoms in total. The first kappa shape index (κ1) is 69.7. The molecular weight excluding hydrogens is 1080 g/mol. The zero-order valence-corrected chi connectivity index (χ0v) is 58.9. The number of aryl methyl sites for hydroxylation is 18. The van der Waals surface area contributed by atoms with E-state index in [4.69, 9.17) is 0 Å². The van der Waals surface area contributed by atoms with E-state index in [-0.39, 0.29) is 0 Å². The summed E-state index contributed by atoms with van der Waals surface area (Å²) >= 11 is 0. The molecule has 0 aliphatic heterocycles. The highest BCUT2D eigenvalue weighted by Gasteiger charge is 2.51. The molecule has 89 heavy (non-hydrogen) atoms. The summed E-state index contributed by atoms with van der Waals surface area (Å²) in [6.07, 6.45) is 24.8. The zero-order valence-electron chi connectivity index (χ0n) is 58.9. The van der Waals surface area contributed by atoms with Crippen LogP contribution in [0.25, 0.3) is 0 Å². The van der Waals surface area contributed by atoms with Crippen LogP contribution in [0.2, 0.25) is 0 Å². The van der Waals surface area contributed by atoms with E-state index >= 15 is 0 Å². The van der Waals surface area contributed by atoms with Crippen LogP contribution >= 0.6 is 0 Å². The molecule has 0 amide bonds. The number of pyridine rings is 7. The lowest BCUT2D eigenvalue weighted by atomic mass is 9.49. The molecule has 0 radical (unpaired) electrons. The average molecular weight is 1190 g/mol. The minimum atomic E-state index is 0.912. The van der Waals surface area contributed by atoms with Crippen molar-refractivity contribution in [3.05, 3.63) is 239 Å². The number of hydrogen-bond acceptors (Lipinski definition) is 7. The van der Waals surface area contributed by atoms with Crippen LogP contribution < -0.4 is 0 Å². The van der Waals surface area contributed by atoms with E-state index in [1.54, 1.807) is 80.9 Å². The Morgan fingerprint density at radius 3 is 1.13 bits per heavy atom. The van der Waals surface area contributed by atoms with Crippen molar-refractivity contribution in [2.24, 2.45) is 47.3 Å². The van der Waals surface area contributed by atoms with E-state index in [0.29, 0.717) is 0 Å². The van der Waals surface area contributed by atoms with E-state index in [0.717, 1.165) is 110 Å². The summed E-state index contributed by atoms with van der Waals surface area (Å²) in [5, 5.41) is 0. The highest BCUT2D eigenvalue weighted by atomic mass is 14.7. The Labute approximate surface area is 539 Å². The van der Waals surface area contributed by atoms with Crippen molar-refractivity contribution >= 4 is 0 Å². The minimum Gasteiger partial charge on any atom is -0.264 e. The summed E-state index contributed by atoms with van der Waals surface area (Å²) in [7, 11) is 0. The van der Waals surface area contributed by atoms with Crippen molar-refractivity contribution < 1.29 is 0 Å². The Kier molecular flexibility index (Phi) is 25.3. The van der Waals surface area contributed by atoms with Crippen LogP contribution in [0.15, 0.2) is 110 Å². The Balaban J connectivity index is 0.000000155. The molecule has 474 valence electrons. The second-order valence-electron chi connectivity index (χ2n) is 28.2. The van der Waals surface area contributed by atoms with Gasteiger partial charge in [-0.2, -0.15) is 0 Å². The first-order valence-electron chi connectivity index (χ1n) is 33.6. The summed E-state index contributed by atoms with van der Waals surface area (Å²) in [5.74, 6) is 10.3. The SMILES string of the molecule is Cc1c(C2C3CC4CC(C3)CC2C4)cccc1C1C2CC3CC(C2)CC1C3.Cc1cc(C)c(C)c(C)n1.Cc1cc(C)c(C)cn1.Cc1cc(C)nc(C)c1.Cc1ccc(C)c(C)n1.Cc1cccnc1C.Cc1ccnc(C)c1C.Cc1ccncc1C. The van der Waals surface area contributed by atoms with Gasteiger partial charge in [0.2, 0.25) is 0 Å². The molecule has 7 heteroatoms. The molecule has 8 bridgehead atoms. The summed E-state index contributed by atoms with van der Waals surface area (Å²) in [6, 6.07) is 28.1. The van der Waals surface area contributed by atoms with Gasteiger partial charge in [-0.05, 0) is 395 Å². The molecule has 7 aromatic heterocycles. The standard InChI is InChI=1S/C27H36.C9H13N.4C8H11N.2C7H9N/c1-15-24(26-20-7-16-5-17(9-20)10-21(26)8-16)3-2-4-25(15)27-22-11-18-6-19(13-22)14-23(27)12-18;1-6-5-7(2)10-9(4)8(6)3;1-6-4-8(3)9-5-7(6)2;1-6-4-7(2)9-8(3)5-6;1-6-4-5-9-8(3)7(6)2;1-6-4-5-7(2)9-8(6)3;1-6-3-4-8-5-7(6)2;1-6-4-3-5-8-7(6)2/h2-4,16-23,26-27H,5-14H2,1H3;5H,1-4H3;4*4-5H,1-3H3;2*3-5H,1-2H3. The number of aromatic nitrogens is 7. The second-order valence-corrected chi connectivity index (χ2v) is 28.2. The summed E-state index contributed by atoms with van der Waals surface area (Å²) in [5.41, 5.74) is 29.6. The molecular formula is C82H111N7. The maximum Gasteiger partial charge on any atom is 0.0407 e. The number of hydrogen-bond donors (Lipinski definition) is 0. The molecule has 0 N–H and O–H groups in total. The first-order valence-corrected chi connectivity index (χ1v) is 33.6. The van der Waals surface area contributed by atoms with Gasteiger partial charge in [0.1, 0.15) is 0 Å². The van der Waals surface area contributed by atoms with Crippen LogP contribution in [0.5, 0.6) is 0 Å². The molecule has 8 aliphatic carbocycles. The van der Waals surface area contributed by atoms with Crippen LogP contribution in [-0.4, -0.2) is 34.9 Å². The van der Waals surface area contributed by atoms with Gasteiger partial charge in [-0.3, -0.25) is 34.9 Å². The molecule has 0 spiro atoms. The summed E-state index contributed by atoms with van der Waals surface area (Å²) in [4.78, 5) is 29.1. The van der Waals surface area contributed by atoms with Crippen molar-refractivity contribution in [3.8, 4) is 0 Å². The third-order valence-corrected chi connectivity index (χ3v) is 21.0. The van der Waals surface area contributed by atoms with Gasteiger partial charge in [-0.15, -0.1) is 0 Å². The monoisotopic (exact) mass is 1190 g/mol. The predicted octanol–water partition coefficient (Wildman–Crippen LogP) is 20.8. The number of benzene rings is 1. The Morgan fingerprint density at radius 1 is 0.281 bits per heavy atom. The van der Waals surface area contributed by atoms with Crippen molar-refractivity contribution in [2.45, 2.75) is 221 Å². The normalized spacial score (nSPS) is 22.4. The third-order valence-electron chi connectivity index (χ3n) is 21.0. The lowest BCUT2D eigenvalue weighted by molar-refractivity contribution is -0.00538. The number of rotatable bonds is 2. The van der Waals surface area contributed by atoms with Gasteiger partial charge in [-0.1, -0.05) is 30.3 Å². The Bertz CT molecular complexity index is 3250.